The molecule has 1 atom stereocenters. The van der Waals surface area contributed by atoms with Crippen molar-refractivity contribution in [2.24, 2.45) is 5.92 Å². The molecule has 0 spiro atoms. The zero-order valence-corrected chi connectivity index (χ0v) is 11.5. The van der Waals surface area contributed by atoms with Crippen molar-refractivity contribution in [3.63, 3.8) is 0 Å². The van der Waals surface area contributed by atoms with Gasteiger partial charge >= 0.3 is 12.0 Å². The third kappa shape index (κ3) is 6.42. The maximum absolute atomic E-state index is 11.4. The summed E-state index contributed by atoms with van der Waals surface area (Å²) in [5, 5.41) is 13.9. The number of rotatable bonds is 8. The molecule has 1 saturated carbocycles. The third-order valence-electron chi connectivity index (χ3n) is 3.56. The van der Waals surface area contributed by atoms with Gasteiger partial charge in [-0.15, -0.1) is 0 Å². The largest absolute Gasteiger partial charge is 0.479 e. The van der Waals surface area contributed by atoms with Crippen molar-refractivity contribution < 1.29 is 19.4 Å². The molecule has 0 aromatic rings. The van der Waals surface area contributed by atoms with E-state index in [2.05, 4.69) is 10.6 Å². The van der Waals surface area contributed by atoms with Gasteiger partial charge < -0.3 is 20.5 Å². The third-order valence-corrected chi connectivity index (χ3v) is 3.56. The molecule has 0 radical (unpaired) electrons. The number of carboxylic acids is 1. The Morgan fingerprint density at radius 2 is 2.00 bits per heavy atom. The Bertz CT molecular complexity index is 290. The van der Waals surface area contributed by atoms with Crippen LogP contribution in [0.25, 0.3) is 0 Å². The average molecular weight is 272 g/mol. The minimum Gasteiger partial charge on any atom is -0.479 e. The van der Waals surface area contributed by atoms with Crippen molar-refractivity contribution in [2.45, 2.75) is 44.6 Å². The van der Waals surface area contributed by atoms with Crippen molar-refractivity contribution in [3.05, 3.63) is 0 Å². The van der Waals surface area contributed by atoms with E-state index < -0.39 is 12.1 Å². The van der Waals surface area contributed by atoms with Crippen LogP contribution < -0.4 is 10.6 Å². The molecular formula is C13H24N2O4. The molecule has 0 bridgehead atoms. The van der Waals surface area contributed by atoms with E-state index in [1.807, 2.05) is 0 Å². The number of aliphatic carboxylic acids is 1. The minimum atomic E-state index is -1.08. The highest BCUT2D eigenvalue weighted by Gasteiger charge is 2.17. The summed E-state index contributed by atoms with van der Waals surface area (Å²) >= 11 is 0. The lowest BCUT2D eigenvalue weighted by molar-refractivity contribution is -0.147. The summed E-state index contributed by atoms with van der Waals surface area (Å²) in [7, 11) is 1.31. The lowest BCUT2D eigenvalue weighted by Crippen LogP contribution is -2.43. The van der Waals surface area contributed by atoms with Crippen LogP contribution >= 0.6 is 0 Å². The maximum atomic E-state index is 11.4. The Labute approximate surface area is 113 Å². The normalized spacial score (nSPS) is 17.1. The molecule has 3 N–H and O–H groups in total. The van der Waals surface area contributed by atoms with Gasteiger partial charge in [-0.05, 0) is 18.8 Å². The quantitative estimate of drug-likeness (QED) is 0.582. The Morgan fingerprint density at radius 1 is 1.32 bits per heavy atom. The molecule has 1 aliphatic carbocycles. The number of urea groups is 1. The summed E-state index contributed by atoms with van der Waals surface area (Å²) in [6.07, 6.45) is 6.46. The Kier molecular flexibility index (Phi) is 7.25. The topological polar surface area (TPSA) is 87.7 Å². The van der Waals surface area contributed by atoms with Gasteiger partial charge in [0, 0.05) is 13.7 Å². The van der Waals surface area contributed by atoms with Gasteiger partial charge in [0.2, 0.25) is 0 Å². The van der Waals surface area contributed by atoms with Crippen molar-refractivity contribution in [3.8, 4) is 0 Å². The van der Waals surface area contributed by atoms with Crippen LogP contribution in [0.3, 0.4) is 0 Å². The van der Waals surface area contributed by atoms with Gasteiger partial charge in [-0.25, -0.2) is 9.59 Å². The smallest absolute Gasteiger partial charge is 0.334 e. The van der Waals surface area contributed by atoms with Gasteiger partial charge in [0.25, 0.3) is 0 Å². The first kappa shape index (κ1) is 15.8. The number of carbonyl (C=O) groups is 2. The minimum absolute atomic E-state index is 0.0275. The Hall–Kier alpha value is -1.30. The van der Waals surface area contributed by atoms with E-state index in [0.29, 0.717) is 6.54 Å². The molecule has 0 heterocycles. The maximum Gasteiger partial charge on any atom is 0.334 e. The number of carbonyl (C=O) groups excluding carboxylic acids is 1. The van der Waals surface area contributed by atoms with Gasteiger partial charge in [0.15, 0.2) is 6.10 Å². The van der Waals surface area contributed by atoms with E-state index in [0.717, 1.165) is 18.8 Å². The van der Waals surface area contributed by atoms with Crippen LogP contribution in [-0.4, -0.2) is 43.4 Å². The fourth-order valence-corrected chi connectivity index (χ4v) is 2.41. The SMILES string of the molecule is COC(CNC(=O)NCCCC1CCCC1)C(=O)O. The van der Waals surface area contributed by atoms with Crippen LogP contribution in [0.2, 0.25) is 0 Å². The second-order valence-corrected chi connectivity index (χ2v) is 4.99. The first-order valence-corrected chi connectivity index (χ1v) is 6.90. The van der Waals surface area contributed by atoms with Crippen molar-refractivity contribution in [1.29, 1.82) is 0 Å². The predicted molar refractivity (Wildman–Crippen MR) is 71.0 cm³/mol. The number of methoxy groups -OCH3 is 1. The van der Waals surface area contributed by atoms with E-state index in [1.165, 1.54) is 32.8 Å². The molecule has 2 amide bonds. The van der Waals surface area contributed by atoms with Crippen LogP contribution in [0, 0.1) is 5.92 Å². The summed E-state index contributed by atoms with van der Waals surface area (Å²) in [6.45, 7) is 0.605. The molecule has 6 nitrogen and oxygen atoms in total. The van der Waals surface area contributed by atoms with Crippen LogP contribution in [-0.2, 0) is 9.53 Å². The summed E-state index contributed by atoms with van der Waals surface area (Å²) in [6, 6.07) is -0.338. The second kappa shape index (κ2) is 8.74. The van der Waals surface area contributed by atoms with E-state index in [9.17, 15) is 9.59 Å². The van der Waals surface area contributed by atoms with E-state index >= 15 is 0 Å². The lowest BCUT2D eigenvalue weighted by Gasteiger charge is -2.13. The van der Waals surface area contributed by atoms with Crippen molar-refractivity contribution in [1.82, 2.24) is 10.6 Å². The molecule has 0 aliphatic heterocycles. The van der Waals surface area contributed by atoms with Crippen molar-refractivity contribution >= 4 is 12.0 Å². The zero-order chi connectivity index (χ0) is 14.1. The Morgan fingerprint density at radius 3 is 2.58 bits per heavy atom. The molecule has 1 aliphatic rings. The molecule has 0 aromatic heterocycles. The molecule has 0 saturated heterocycles. The van der Waals surface area contributed by atoms with Crippen LogP contribution in [0.4, 0.5) is 4.79 Å². The van der Waals surface area contributed by atoms with Crippen molar-refractivity contribution in [2.75, 3.05) is 20.2 Å². The fourth-order valence-electron chi connectivity index (χ4n) is 2.41. The van der Waals surface area contributed by atoms with Gasteiger partial charge in [-0.2, -0.15) is 0 Å². The summed E-state index contributed by atoms with van der Waals surface area (Å²) < 4.78 is 4.71. The van der Waals surface area contributed by atoms with E-state index in [4.69, 9.17) is 9.84 Å². The molecule has 1 fully saturated rings. The monoisotopic (exact) mass is 272 g/mol. The molecule has 110 valence electrons. The summed E-state index contributed by atoms with van der Waals surface area (Å²) in [4.78, 5) is 22.1. The van der Waals surface area contributed by atoms with Gasteiger partial charge in [0.05, 0.1) is 6.54 Å². The lowest BCUT2D eigenvalue weighted by atomic mass is 10.0. The molecule has 6 heteroatoms. The molecule has 1 unspecified atom stereocenters. The van der Waals surface area contributed by atoms with Crippen LogP contribution in [0.15, 0.2) is 0 Å². The standard InChI is InChI=1S/C13H24N2O4/c1-19-11(12(16)17)9-15-13(18)14-8-4-7-10-5-2-3-6-10/h10-11H,2-9H2,1H3,(H,16,17)(H2,14,15,18). The highest BCUT2D eigenvalue weighted by molar-refractivity contribution is 5.76. The van der Waals surface area contributed by atoms with Crippen LogP contribution in [0.1, 0.15) is 38.5 Å². The number of ether oxygens (including phenoxy) is 1. The highest BCUT2D eigenvalue weighted by atomic mass is 16.5. The average Bonchev–Trinajstić information content (AvgIpc) is 2.88. The summed E-state index contributed by atoms with van der Waals surface area (Å²) in [5.74, 6) is -0.251. The van der Waals surface area contributed by atoms with Gasteiger partial charge in [-0.1, -0.05) is 25.7 Å². The van der Waals surface area contributed by atoms with E-state index in [-0.39, 0.29) is 12.6 Å². The number of carboxylic acid groups (broad SMARTS) is 1. The second-order valence-electron chi connectivity index (χ2n) is 4.99. The molecular weight excluding hydrogens is 248 g/mol. The first-order valence-electron chi connectivity index (χ1n) is 6.90. The van der Waals surface area contributed by atoms with Crippen LogP contribution in [0.5, 0.6) is 0 Å². The number of amides is 2. The first-order chi connectivity index (χ1) is 9.13. The number of nitrogens with one attached hydrogen (secondary N) is 2. The van der Waals surface area contributed by atoms with Gasteiger partial charge in [0.1, 0.15) is 0 Å². The molecule has 0 aromatic carbocycles. The van der Waals surface area contributed by atoms with Gasteiger partial charge in [-0.3, -0.25) is 0 Å². The summed E-state index contributed by atoms with van der Waals surface area (Å²) in [5.41, 5.74) is 0. The van der Waals surface area contributed by atoms with E-state index in [1.54, 1.807) is 0 Å². The zero-order valence-electron chi connectivity index (χ0n) is 11.5. The Balaban J connectivity index is 2.02. The fraction of sp³-hybridized carbons (Fsp3) is 0.846. The number of hydrogen-bond acceptors (Lipinski definition) is 3. The molecule has 19 heavy (non-hydrogen) atoms. The predicted octanol–water partition coefficient (Wildman–Crippen LogP) is 1.36. The highest BCUT2D eigenvalue weighted by Crippen LogP contribution is 2.28. The molecule has 1 rings (SSSR count). The number of hydrogen-bond donors (Lipinski definition) is 3.